The Kier molecular flexibility index (Phi) is 3.82. The molecule has 8 nitrogen and oxygen atoms in total. The Balaban J connectivity index is 1.87. The van der Waals surface area contributed by atoms with E-state index in [0.717, 1.165) is 10.1 Å². The molecule has 0 bridgehead atoms. The van der Waals surface area contributed by atoms with Crippen LogP contribution in [-0.2, 0) is 5.75 Å². The van der Waals surface area contributed by atoms with Gasteiger partial charge in [-0.3, -0.25) is 9.78 Å². The minimum absolute atomic E-state index is 0.213. The van der Waals surface area contributed by atoms with Crippen LogP contribution in [0, 0.1) is 11.3 Å². The van der Waals surface area contributed by atoms with E-state index in [4.69, 9.17) is 11.0 Å². The van der Waals surface area contributed by atoms with Gasteiger partial charge in [0.1, 0.15) is 11.6 Å². The van der Waals surface area contributed by atoms with Gasteiger partial charge in [0.25, 0.3) is 0 Å². The molecule has 2 aromatic heterocycles. The van der Waals surface area contributed by atoms with Crippen molar-refractivity contribution >= 4 is 23.3 Å². The Morgan fingerprint density at radius 2 is 2.30 bits per heavy atom. The third kappa shape index (κ3) is 2.93. The van der Waals surface area contributed by atoms with Gasteiger partial charge in [0, 0.05) is 11.3 Å². The molecule has 0 aliphatic heterocycles. The number of thioether (sulfide) groups is 1. The zero-order chi connectivity index (χ0) is 16.4. The molecule has 0 atom stereocenters. The van der Waals surface area contributed by atoms with Crippen molar-refractivity contribution in [1.29, 1.82) is 5.26 Å². The van der Waals surface area contributed by atoms with Crippen molar-refractivity contribution in [3.63, 3.8) is 0 Å². The Morgan fingerprint density at radius 3 is 3.04 bits per heavy atom. The highest BCUT2D eigenvalue weighted by Crippen LogP contribution is 2.20. The maximum atomic E-state index is 11.9. The second-order valence-electron chi connectivity index (χ2n) is 4.61. The van der Waals surface area contributed by atoms with Gasteiger partial charge in [-0.25, -0.2) is 9.78 Å². The number of nitrogens with zero attached hydrogens (tertiary/aromatic N) is 4. The van der Waals surface area contributed by atoms with Crippen LogP contribution in [0.15, 0.2) is 40.4 Å². The van der Waals surface area contributed by atoms with Gasteiger partial charge in [-0.05, 0) is 17.7 Å². The molecule has 2 heterocycles. The monoisotopic (exact) mass is 326 g/mol. The number of rotatable bonds is 4. The van der Waals surface area contributed by atoms with E-state index in [1.165, 1.54) is 18.0 Å². The van der Waals surface area contributed by atoms with Crippen LogP contribution in [0.3, 0.4) is 0 Å². The zero-order valence-electron chi connectivity index (χ0n) is 11.7. The average molecular weight is 326 g/mol. The lowest BCUT2D eigenvalue weighted by Crippen LogP contribution is -2.19. The number of carbonyl (C=O) groups is 1. The predicted molar refractivity (Wildman–Crippen MR) is 82.8 cm³/mol. The number of nitrogens with two attached hydrogens (primary N) is 1. The van der Waals surface area contributed by atoms with E-state index < -0.39 is 11.6 Å². The molecular formula is C14H10N6O2S. The zero-order valence-corrected chi connectivity index (χ0v) is 12.5. The van der Waals surface area contributed by atoms with Crippen LogP contribution in [0.5, 0.6) is 0 Å². The normalized spacial score (nSPS) is 10.6. The van der Waals surface area contributed by atoms with E-state index in [0.29, 0.717) is 16.5 Å². The number of aromatic amines is 1. The van der Waals surface area contributed by atoms with E-state index in [1.54, 1.807) is 18.2 Å². The summed E-state index contributed by atoms with van der Waals surface area (Å²) in [5.41, 5.74) is 6.50. The molecule has 0 aliphatic rings. The first-order valence-corrected chi connectivity index (χ1v) is 7.47. The Hall–Kier alpha value is -3.12. The molecule has 114 valence electrons. The van der Waals surface area contributed by atoms with Crippen molar-refractivity contribution in [2.24, 2.45) is 5.73 Å². The largest absolute Gasteiger partial charge is 0.366 e. The number of hydrogen-bond acceptors (Lipinski definition) is 6. The van der Waals surface area contributed by atoms with Crippen molar-refractivity contribution in [1.82, 2.24) is 19.6 Å². The van der Waals surface area contributed by atoms with Crippen LogP contribution < -0.4 is 11.4 Å². The summed E-state index contributed by atoms with van der Waals surface area (Å²) in [6.45, 7) is 0. The van der Waals surface area contributed by atoms with Gasteiger partial charge in [0.2, 0.25) is 5.91 Å². The number of nitriles is 1. The van der Waals surface area contributed by atoms with E-state index in [9.17, 15) is 9.59 Å². The molecule has 0 unspecified atom stereocenters. The quantitative estimate of drug-likeness (QED) is 0.678. The fourth-order valence-electron chi connectivity index (χ4n) is 1.98. The van der Waals surface area contributed by atoms with Crippen LogP contribution >= 0.6 is 11.8 Å². The van der Waals surface area contributed by atoms with E-state index >= 15 is 0 Å². The van der Waals surface area contributed by atoms with Crippen LogP contribution in [0.1, 0.15) is 21.5 Å². The lowest BCUT2D eigenvalue weighted by molar-refractivity contribution is 0.1000. The summed E-state index contributed by atoms with van der Waals surface area (Å²) in [6.07, 6.45) is 1.29. The van der Waals surface area contributed by atoms with Crippen molar-refractivity contribution in [2.45, 2.75) is 10.9 Å². The molecule has 23 heavy (non-hydrogen) atoms. The topological polar surface area (TPSA) is 130 Å². The first-order valence-electron chi connectivity index (χ1n) is 6.48. The standard InChI is InChI=1S/C14H10N6O2S/c15-5-10-6-17-20-12(10)18-13(19-14(20)22)23-7-8-2-1-3-9(4-8)11(16)21/h1-4,6H,7H2,(H2,16,21)(H,18,19,22). The maximum Gasteiger partial charge on any atom is 0.350 e. The smallest absolute Gasteiger partial charge is 0.350 e. The molecule has 1 amide bonds. The molecular weight excluding hydrogens is 316 g/mol. The molecule has 3 aromatic rings. The second kappa shape index (κ2) is 5.94. The number of nitrogens with one attached hydrogen (secondary N) is 1. The summed E-state index contributed by atoms with van der Waals surface area (Å²) in [7, 11) is 0. The fraction of sp³-hybridized carbons (Fsp3) is 0.0714. The second-order valence-corrected chi connectivity index (χ2v) is 5.57. The van der Waals surface area contributed by atoms with Crippen molar-refractivity contribution in [3.8, 4) is 6.07 Å². The molecule has 0 saturated heterocycles. The van der Waals surface area contributed by atoms with Crippen molar-refractivity contribution < 1.29 is 4.79 Å². The Labute approximate surface area is 134 Å². The molecule has 0 saturated carbocycles. The SMILES string of the molecule is N#Cc1cnn2c(=O)[nH]c(SCc3cccc(C(N)=O)c3)nc12. The summed E-state index contributed by atoms with van der Waals surface area (Å²) < 4.78 is 1.04. The number of amides is 1. The predicted octanol–water partition coefficient (Wildman–Crippen LogP) is 0.680. The molecule has 0 aliphatic carbocycles. The summed E-state index contributed by atoms with van der Waals surface area (Å²) in [5, 5.41) is 13.2. The summed E-state index contributed by atoms with van der Waals surface area (Å²) in [5.74, 6) is -0.0151. The number of carbonyl (C=O) groups excluding carboxylic acids is 1. The first kappa shape index (κ1) is 14.8. The Morgan fingerprint density at radius 1 is 1.48 bits per heavy atom. The average Bonchev–Trinajstić information content (AvgIpc) is 2.97. The third-order valence-electron chi connectivity index (χ3n) is 3.07. The van der Waals surface area contributed by atoms with Crippen LogP contribution in [0.4, 0.5) is 0 Å². The maximum absolute atomic E-state index is 11.9. The number of H-pyrrole nitrogens is 1. The molecule has 0 spiro atoms. The van der Waals surface area contributed by atoms with Gasteiger partial charge in [-0.2, -0.15) is 14.9 Å². The van der Waals surface area contributed by atoms with Gasteiger partial charge in [-0.15, -0.1) is 0 Å². The fourth-order valence-corrected chi connectivity index (χ4v) is 2.77. The minimum Gasteiger partial charge on any atom is -0.366 e. The highest BCUT2D eigenvalue weighted by atomic mass is 32.2. The minimum atomic E-state index is -0.497. The summed E-state index contributed by atoms with van der Waals surface area (Å²) in [4.78, 5) is 29.9. The molecule has 0 fully saturated rings. The van der Waals surface area contributed by atoms with E-state index in [1.807, 2.05) is 12.1 Å². The van der Waals surface area contributed by atoms with Crippen LogP contribution in [0.25, 0.3) is 5.65 Å². The molecule has 9 heteroatoms. The van der Waals surface area contributed by atoms with Crippen molar-refractivity contribution in [2.75, 3.05) is 0 Å². The number of primary amides is 1. The molecule has 3 rings (SSSR count). The first-order chi connectivity index (χ1) is 11.1. The van der Waals surface area contributed by atoms with Gasteiger partial charge in [-0.1, -0.05) is 23.9 Å². The van der Waals surface area contributed by atoms with Gasteiger partial charge in [0.15, 0.2) is 10.8 Å². The number of fused-ring (bicyclic) bond motifs is 1. The van der Waals surface area contributed by atoms with E-state index in [2.05, 4.69) is 15.1 Å². The number of benzene rings is 1. The lowest BCUT2D eigenvalue weighted by Gasteiger charge is -2.03. The summed E-state index contributed by atoms with van der Waals surface area (Å²) in [6, 6.07) is 8.84. The molecule has 0 radical (unpaired) electrons. The Bertz CT molecular complexity index is 1000. The van der Waals surface area contributed by atoms with Gasteiger partial charge >= 0.3 is 5.69 Å². The molecule has 3 N–H and O–H groups in total. The highest BCUT2D eigenvalue weighted by molar-refractivity contribution is 7.98. The molecule has 1 aromatic carbocycles. The lowest BCUT2D eigenvalue weighted by atomic mass is 10.1. The van der Waals surface area contributed by atoms with E-state index in [-0.39, 0.29) is 11.2 Å². The highest BCUT2D eigenvalue weighted by Gasteiger charge is 2.10. The summed E-state index contributed by atoms with van der Waals surface area (Å²) >= 11 is 1.28. The third-order valence-corrected chi connectivity index (χ3v) is 4.01. The van der Waals surface area contributed by atoms with Crippen molar-refractivity contribution in [3.05, 3.63) is 57.6 Å². The van der Waals surface area contributed by atoms with Gasteiger partial charge < -0.3 is 5.73 Å². The van der Waals surface area contributed by atoms with Gasteiger partial charge in [0.05, 0.1) is 6.20 Å². The number of aromatic nitrogens is 4. The van der Waals surface area contributed by atoms with Crippen LogP contribution in [-0.4, -0.2) is 25.5 Å². The number of hydrogen-bond donors (Lipinski definition) is 2. The van der Waals surface area contributed by atoms with Crippen LogP contribution in [0.2, 0.25) is 0 Å².